The fourth-order valence-electron chi connectivity index (χ4n) is 1.44. The molecule has 0 saturated carbocycles. The minimum atomic E-state index is -3.54. The number of fused-ring (bicyclic) bond motifs is 1. The third-order valence-corrected chi connectivity index (χ3v) is 3.24. The molecule has 3 heterocycles. The van der Waals surface area contributed by atoms with Crippen molar-refractivity contribution in [2.75, 3.05) is 12.3 Å². The van der Waals surface area contributed by atoms with Gasteiger partial charge in [-0.3, -0.25) is 10.1 Å². The van der Waals surface area contributed by atoms with E-state index < -0.39 is 12.7 Å². The molecule has 0 amide bonds. The van der Waals surface area contributed by atoms with Crippen LogP contribution in [0.15, 0.2) is 18.2 Å². The summed E-state index contributed by atoms with van der Waals surface area (Å²) < 4.78 is 30.4. The highest BCUT2D eigenvalue weighted by molar-refractivity contribution is 7.49. The molecule has 18 heavy (non-hydrogen) atoms. The highest BCUT2D eigenvalue weighted by Crippen LogP contribution is 2.67. The molecule has 3 saturated heterocycles. The van der Waals surface area contributed by atoms with Gasteiger partial charge >= 0.3 is 7.82 Å². The van der Waals surface area contributed by atoms with Crippen LogP contribution in [0.4, 0.5) is 11.4 Å². The van der Waals surface area contributed by atoms with Gasteiger partial charge in [0.25, 0.3) is 5.69 Å². The van der Waals surface area contributed by atoms with Crippen LogP contribution in [0.25, 0.3) is 0 Å². The molecule has 3 fully saturated rings. The minimum Gasteiger partial charge on any atom is -0.496 e. The predicted molar refractivity (Wildman–Crippen MR) is 54.8 cm³/mol. The van der Waals surface area contributed by atoms with Gasteiger partial charge in [0.05, 0.1) is 29.1 Å². The van der Waals surface area contributed by atoms with Crippen molar-refractivity contribution in [1.82, 2.24) is 5.34 Å². The van der Waals surface area contributed by atoms with E-state index in [1.165, 1.54) is 25.3 Å². The first-order valence-corrected chi connectivity index (χ1v) is 6.10. The van der Waals surface area contributed by atoms with E-state index >= 15 is 0 Å². The number of nitro groups is 1. The van der Waals surface area contributed by atoms with E-state index in [4.69, 9.17) is 9.36 Å². The van der Waals surface area contributed by atoms with Crippen LogP contribution in [-0.4, -0.2) is 17.4 Å². The van der Waals surface area contributed by atoms with Crippen LogP contribution in [-0.2, 0) is 18.4 Å². The van der Waals surface area contributed by atoms with E-state index in [1.54, 1.807) is 0 Å². The zero-order valence-electron chi connectivity index (χ0n) is 8.88. The topological polar surface area (TPSA) is 104 Å². The molecular formula is C7H6N3O7P. The summed E-state index contributed by atoms with van der Waals surface area (Å²) >= 11 is 0. The monoisotopic (exact) mass is 275 g/mol. The average molecular weight is 275 g/mol. The second-order valence-electron chi connectivity index (χ2n) is 3.35. The quantitative estimate of drug-likeness (QED) is 0.461. The van der Waals surface area contributed by atoms with Crippen molar-refractivity contribution in [3.63, 3.8) is 0 Å². The zero-order chi connectivity index (χ0) is 12.9. The molecular weight excluding hydrogens is 269 g/mol. The molecule has 4 rings (SSSR count). The van der Waals surface area contributed by atoms with Gasteiger partial charge in [0, 0.05) is 12.1 Å². The standard InChI is InChI=1S/C7H6N3O7P/c1-14-7-3-5(2-6(4-7)9(11)12)8-10-16-18(13,15-8)17-10/h2-4H,1H3. The summed E-state index contributed by atoms with van der Waals surface area (Å²) in [6.45, 7) is 0. The number of nitrogens with zero attached hydrogens (tertiary/aromatic N) is 3. The number of anilines is 1. The Morgan fingerprint density at radius 2 is 2.06 bits per heavy atom. The summed E-state index contributed by atoms with van der Waals surface area (Å²) in [6, 6.07) is 3.88. The molecule has 3 aliphatic rings. The Morgan fingerprint density at radius 1 is 1.33 bits per heavy atom. The van der Waals surface area contributed by atoms with Crippen LogP contribution in [0.3, 0.4) is 0 Å². The summed E-state index contributed by atoms with van der Waals surface area (Å²) in [6.07, 6.45) is 0. The Morgan fingerprint density at radius 3 is 2.56 bits per heavy atom. The van der Waals surface area contributed by atoms with Crippen molar-refractivity contribution in [1.29, 1.82) is 0 Å². The Labute approximate surface area is 99.8 Å². The molecule has 0 aliphatic carbocycles. The van der Waals surface area contributed by atoms with Gasteiger partial charge < -0.3 is 4.74 Å². The molecule has 0 spiro atoms. The maximum atomic E-state index is 11.3. The molecule has 2 bridgehead atoms. The number of benzene rings is 1. The second-order valence-corrected chi connectivity index (χ2v) is 4.73. The van der Waals surface area contributed by atoms with E-state index in [0.717, 1.165) is 10.5 Å². The highest BCUT2D eigenvalue weighted by atomic mass is 31.2. The molecule has 3 aliphatic heterocycles. The molecule has 0 unspecified atom stereocenters. The van der Waals surface area contributed by atoms with Gasteiger partial charge in [-0.2, -0.15) is 0 Å². The van der Waals surface area contributed by atoms with Crippen LogP contribution in [0.5, 0.6) is 5.75 Å². The highest BCUT2D eigenvalue weighted by Gasteiger charge is 2.60. The van der Waals surface area contributed by atoms with E-state index in [2.05, 4.69) is 9.25 Å². The third kappa shape index (κ3) is 1.64. The van der Waals surface area contributed by atoms with Crippen molar-refractivity contribution in [3.8, 4) is 5.75 Å². The van der Waals surface area contributed by atoms with E-state index in [-0.39, 0.29) is 17.1 Å². The van der Waals surface area contributed by atoms with Gasteiger partial charge in [-0.25, -0.2) is 4.57 Å². The molecule has 0 aromatic heterocycles. The number of hydrogen-bond acceptors (Lipinski definition) is 9. The first-order valence-electron chi connectivity index (χ1n) is 4.63. The first kappa shape index (κ1) is 11.4. The summed E-state index contributed by atoms with van der Waals surface area (Å²) in [7, 11) is -2.18. The molecule has 1 aromatic carbocycles. The molecule has 10 nitrogen and oxygen atoms in total. The lowest BCUT2D eigenvalue weighted by Gasteiger charge is -2.21. The van der Waals surface area contributed by atoms with Gasteiger partial charge in [0.2, 0.25) is 0 Å². The van der Waals surface area contributed by atoms with Crippen molar-refractivity contribution in [2.45, 2.75) is 0 Å². The summed E-state index contributed by atoms with van der Waals surface area (Å²) in [5, 5.41) is 12.4. The lowest BCUT2D eigenvalue weighted by atomic mass is 10.2. The number of nitro benzene ring substituents is 1. The molecule has 1 aromatic rings. The normalized spacial score (nSPS) is 28.9. The van der Waals surface area contributed by atoms with Gasteiger partial charge in [-0.05, 0) is 0 Å². The molecule has 0 N–H and O–H groups in total. The summed E-state index contributed by atoms with van der Waals surface area (Å²) in [4.78, 5) is 10.2. The molecule has 96 valence electrons. The van der Waals surface area contributed by atoms with Crippen molar-refractivity contribution in [2.24, 2.45) is 0 Å². The maximum absolute atomic E-state index is 11.3. The molecule has 0 atom stereocenters. The summed E-state index contributed by atoms with van der Waals surface area (Å²) in [5.41, 5.74) is -0.0205. The predicted octanol–water partition coefficient (Wildman–Crippen LogP) is 1.56. The lowest BCUT2D eigenvalue weighted by Crippen LogP contribution is -2.34. The number of rotatable bonds is 3. The first-order chi connectivity index (χ1) is 8.50. The Bertz CT molecular complexity index is 568. The van der Waals surface area contributed by atoms with Crippen LogP contribution in [0.2, 0.25) is 0 Å². The van der Waals surface area contributed by atoms with Gasteiger partial charge in [-0.15, -0.1) is 19.0 Å². The van der Waals surface area contributed by atoms with Crippen molar-refractivity contribution in [3.05, 3.63) is 28.3 Å². The largest absolute Gasteiger partial charge is 0.538 e. The smallest absolute Gasteiger partial charge is 0.496 e. The Kier molecular flexibility index (Phi) is 2.30. The Hall–Kier alpha value is -1.71. The van der Waals surface area contributed by atoms with E-state index in [0.29, 0.717) is 0 Å². The lowest BCUT2D eigenvalue weighted by molar-refractivity contribution is -0.385. The average Bonchev–Trinajstić information content (AvgIpc) is 2.81. The third-order valence-electron chi connectivity index (χ3n) is 2.21. The zero-order valence-corrected chi connectivity index (χ0v) is 9.77. The fourth-order valence-corrected chi connectivity index (χ4v) is 2.33. The van der Waals surface area contributed by atoms with E-state index in [1.807, 2.05) is 0 Å². The number of hydrogen-bond donors (Lipinski definition) is 0. The van der Waals surface area contributed by atoms with Gasteiger partial charge in [-0.1, -0.05) is 0 Å². The van der Waals surface area contributed by atoms with Gasteiger partial charge in [0.15, 0.2) is 0 Å². The SMILES string of the molecule is COc1cc(N2OP3(=O)ON2O3)cc([N+](=O)[O-])c1. The van der Waals surface area contributed by atoms with Crippen LogP contribution in [0, 0.1) is 10.1 Å². The van der Waals surface area contributed by atoms with Gasteiger partial charge in [0.1, 0.15) is 5.75 Å². The van der Waals surface area contributed by atoms with Crippen molar-refractivity contribution >= 4 is 19.2 Å². The number of non-ortho nitro benzene ring substituents is 1. The number of ether oxygens (including phenoxy) is 1. The number of hydrazine groups is 1. The van der Waals surface area contributed by atoms with E-state index in [9.17, 15) is 14.7 Å². The minimum absolute atomic E-state index is 0.191. The van der Waals surface area contributed by atoms with Crippen molar-refractivity contribution < 1.29 is 28.1 Å². The maximum Gasteiger partial charge on any atom is 0.538 e. The van der Waals surface area contributed by atoms with Crippen LogP contribution >= 0.6 is 7.82 Å². The molecule has 11 heteroatoms. The molecule has 0 radical (unpaired) electrons. The number of phosphoric acid groups is 1. The Balaban J connectivity index is 1.99. The van der Waals surface area contributed by atoms with Crippen LogP contribution in [0.1, 0.15) is 0 Å². The second kappa shape index (κ2) is 3.64. The fraction of sp³-hybridized carbons (Fsp3) is 0.143. The number of methoxy groups -OCH3 is 1. The van der Waals surface area contributed by atoms with Crippen LogP contribution < -0.4 is 9.91 Å². The summed E-state index contributed by atoms with van der Waals surface area (Å²) in [5.74, 6) is 0.242.